The third kappa shape index (κ3) is 2.88. The summed E-state index contributed by atoms with van der Waals surface area (Å²) in [5.74, 6) is -4.20. The molecule has 0 saturated heterocycles. The van der Waals surface area contributed by atoms with Gasteiger partial charge in [0.15, 0.2) is 11.6 Å². The van der Waals surface area contributed by atoms with Crippen LogP contribution in [0.3, 0.4) is 0 Å². The van der Waals surface area contributed by atoms with Gasteiger partial charge in [0.1, 0.15) is 17.7 Å². The van der Waals surface area contributed by atoms with Crippen LogP contribution in [0.25, 0.3) is 0 Å². The van der Waals surface area contributed by atoms with E-state index < -0.39 is 29.3 Å². The Labute approximate surface area is 112 Å². The Kier molecular flexibility index (Phi) is 3.89. The highest BCUT2D eigenvalue weighted by atomic mass is 19.2. The van der Waals surface area contributed by atoms with Crippen LogP contribution in [0.5, 0.6) is 0 Å². The van der Waals surface area contributed by atoms with Crippen LogP contribution in [0.4, 0.5) is 23.2 Å². The molecule has 0 heterocycles. The van der Waals surface area contributed by atoms with Gasteiger partial charge in [-0.25, -0.2) is 17.6 Å². The maximum Gasteiger partial charge on any atom is 0.161 e. The Bertz CT molecular complexity index is 679. The molecule has 1 unspecified atom stereocenters. The van der Waals surface area contributed by atoms with Gasteiger partial charge in [-0.3, -0.25) is 0 Å². The highest BCUT2D eigenvalue weighted by molar-refractivity contribution is 5.47. The summed E-state index contributed by atoms with van der Waals surface area (Å²) < 4.78 is 52.6. The van der Waals surface area contributed by atoms with E-state index in [2.05, 4.69) is 5.32 Å². The summed E-state index contributed by atoms with van der Waals surface area (Å²) in [6.07, 6.45) is 0. The van der Waals surface area contributed by atoms with E-state index in [-0.39, 0.29) is 11.3 Å². The van der Waals surface area contributed by atoms with Gasteiger partial charge in [-0.05, 0) is 24.3 Å². The molecule has 1 atom stereocenters. The average molecular weight is 280 g/mol. The van der Waals surface area contributed by atoms with Crippen LogP contribution >= 0.6 is 0 Å². The maximum absolute atomic E-state index is 13.6. The highest BCUT2D eigenvalue weighted by Gasteiger charge is 2.18. The van der Waals surface area contributed by atoms with Gasteiger partial charge in [0.2, 0.25) is 0 Å². The molecule has 20 heavy (non-hydrogen) atoms. The SMILES string of the molecule is N#CC(Nc1cccc(F)c1)c1cc(F)c(F)cc1F. The fourth-order valence-corrected chi connectivity index (χ4v) is 1.68. The number of rotatable bonds is 3. The van der Waals surface area contributed by atoms with Gasteiger partial charge >= 0.3 is 0 Å². The number of nitrogens with one attached hydrogen (secondary N) is 1. The maximum atomic E-state index is 13.6. The van der Waals surface area contributed by atoms with Gasteiger partial charge in [0.25, 0.3) is 0 Å². The molecule has 2 nitrogen and oxygen atoms in total. The van der Waals surface area contributed by atoms with Gasteiger partial charge in [0.05, 0.1) is 6.07 Å². The number of halogens is 4. The Morgan fingerprint density at radius 2 is 1.65 bits per heavy atom. The minimum atomic E-state index is -1.34. The zero-order valence-corrected chi connectivity index (χ0v) is 10.0. The first-order valence-corrected chi connectivity index (χ1v) is 5.57. The molecule has 2 aromatic carbocycles. The van der Waals surface area contributed by atoms with E-state index in [1.807, 2.05) is 0 Å². The third-order valence-corrected chi connectivity index (χ3v) is 2.62. The summed E-state index contributed by atoms with van der Waals surface area (Å²) in [7, 11) is 0. The zero-order valence-electron chi connectivity index (χ0n) is 10.0. The average Bonchev–Trinajstić information content (AvgIpc) is 2.40. The van der Waals surface area contributed by atoms with Crippen molar-refractivity contribution in [2.45, 2.75) is 6.04 Å². The van der Waals surface area contributed by atoms with Crippen molar-refractivity contribution in [3.8, 4) is 6.07 Å². The quantitative estimate of drug-likeness (QED) is 0.683. The van der Waals surface area contributed by atoms with E-state index in [0.29, 0.717) is 12.1 Å². The van der Waals surface area contributed by atoms with Gasteiger partial charge < -0.3 is 5.32 Å². The lowest BCUT2D eigenvalue weighted by Crippen LogP contribution is -2.11. The molecular weight excluding hydrogens is 272 g/mol. The molecule has 2 aromatic rings. The van der Waals surface area contributed by atoms with Crippen molar-refractivity contribution in [1.82, 2.24) is 0 Å². The number of hydrogen-bond acceptors (Lipinski definition) is 2. The third-order valence-electron chi connectivity index (χ3n) is 2.62. The molecule has 0 radical (unpaired) electrons. The Morgan fingerprint density at radius 3 is 2.30 bits per heavy atom. The normalized spacial score (nSPS) is 11.8. The molecule has 0 fully saturated rings. The number of nitrogens with zero attached hydrogens (tertiary/aromatic N) is 1. The van der Waals surface area contributed by atoms with Crippen LogP contribution in [0, 0.1) is 34.6 Å². The molecule has 0 spiro atoms. The molecule has 0 aliphatic carbocycles. The lowest BCUT2D eigenvalue weighted by Gasteiger charge is -2.14. The number of benzene rings is 2. The second-order valence-electron chi connectivity index (χ2n) is 4.00. The second-order valence-corrected chi connectivity index (χ2v) is 4.00. The van der Waals surface area contributed by atoms with Crippen molar-refractivity contribution in [2.75, 3.05) is 5.32 Å². The van der Waals surface area contributed by atoms with Gasteiger partial charge in [-0.15, -0.1) is 0 Å². The highest BCUT2D eigenvalue weighted by Crippen LogP contribution is 2.24. The molecule has 2 rings (SSSR count). The van der Waals surface area contributed by atoms with Gasteiger partial charge in [0, 0.05) is 17.3 Å². The van der Waals surface area contributed by atoms with Crippen molar-refractivity contribution in [1.29, 1.82) is 5.26 Å². The Morgan fingerprint density at radius 1 is 0.950 bits per heavy atom. The molecule has 0 amide bonds. The molecule has 1 N–H and O–H groups in total. The van der Waals surface area contributed by atoms with Crippen molar-refractivity contribution >= 4 is 5.69 Å². The minimum Gasteiger partial charge on any atom is -0.366 e. The first-order chi connectivity index (χ1) is 9.51. The molecule has 0 aliphatic heterocycles. The largest absolute Gasteiger partial charge is 0.366 e. The predicted octanol–water partition coefficient (Wildman–Crippen LogP) is 3.92. The molecule has 102 valence electrons. The smallest absolute Gasteiger partial charge is 0.161 e. The molecule has 0 bridgehead atoms. The first-order valence-electron chi connectivity index (χ1n) is 5.57. The summed E-state index contributed by atoms with van der Waals surface area (Å²) in [6, 6.07) is 6.56. The lowest BCUT2D eigenvalue weighted by atomic mass is 10.1. The van der Waals surface area contributed by atoms with Crippen LogP contribution in [-0.2, 0) is 0 Å². The predicted molar refractivity (Wildman–Crippen MR) is 64.7 cm³/mol. The molecule has 0 aromatic heterocycles. The molecule has 6 heteroatoms. The number of nitriles is 1. The van der Waals surface area contributed by atoms with Crippen LogP contribution in [0.2, 0.25) is 0 Å². The molecule has 0 saturated carbocycles. The summed E-state index contributed by atoms with van der Waals surface area (Å²) >= 11 is 0. The van der Waals surface area contributed by atoms with Gasteiger partial charge in [-0.1, -0.05) is 6.07 Å². The van der Waals surface area contributed by atoms with Crippen LogP contribution in [0.1, 0.15) is 11.6 Å². The van der Waals surface area contributed by atoms with Crippen molar-refractivity contribution < 1.29 is 17.6 Å². The van der Waals surface area contributed by atoms with E-state index >= 15 is 0 Å². The van der Waals surface area contributed by atoms with E-state index in [1.165, 1.54) is 18.2 Å². The van der Waals surface area contributed by atoms with E-state index in [1.54, 1.807) is 6.07 Å². The molecular formula is C14H8F4N2. The summed E-state index contributed by atoms with van der Waals surface area (Å²) in [6.45, 7) is 0. The van der Waals surface area contributed by atoms with E-state index in [4.69, 9.17) is 5.26 Å². The monoisotopic (exact) mass is 280 g/mol. The van der Waals surface area contributed by atoms with Crippen molar-refractivity contribution in [3.05, 3.63) is 65.2 Å². The number of hydrogen-bond donors (Lipinski definition) is 1. The van der Waals surface area contributed by atoms with Crippen molar-refractivity contribution in [3.63, 3.8) is 0 Å². The minimum absolute atomic E-state index is 0.223. The van der Waals surface area contributed by atoms with Gasteiger partial charge in [-0.2, -0.15) is 5.26 Å². The fraction of sp³-hybridized carbons (Fsp3) is 0.0714. The van der Waals surface area contributed by atoms with Crippen molar-refractivity contribution in [2.24, 2.45) is 0 Å². The van der Waals surface area contributed by atoms with E-state index in [0.717, 1.165) is 6.07 Å². The summed E-state index contributed by atoms with van der Waals surface area (Å²) in [5.41, 5.74) is -0.128. The summed E-state index contributed by atoms with van der Waals surface area (Å²) in [5, 5.41) is 11.5. The van der Waals surface area contributed by atoms with Crippen LogP contribution < -0.4 is 5.32 Å². The zero-order chi connectivity index (χ0) is 14.7. The number of anilines is 1. The Balaban J connectivity index is 2.34. The Hall–Kier alpha value is -2.55. The standard InChI is InChI=1S/C14H8F4N2/c15-8-2-1-3-9(4-8)20-14(7-19)10-5-12(17)13(18)6-11(10)16/h1-6,14,20H. The summed E-state index contributed by atoms with van der Waals surface area (Å²) in [4.78, 5) is 0. The topological polar surface area (TPSA) is 35.8 Å². The second kappa shape index (κ2) is 5.61. The fourth-order valence-electron chi connectivity index (χ4n) is 1.68. The van der Waals surface area contributed by atoms with E-state index in [9.17, 15) is 17.6 Å². The van der Waals surface area contributed by atoms with Crippen LogP contribution in [0.15, 0.2) is 36.4 Å². The lowest BCUT2D eigenvalue weighted by molar-refractivity contribution is 0.489. The van der Waals surface area contributed by atoms with Crippen LogP contribution in [-0.4, -0.2) is 0 Å². The molecule has 0 aliphatic rings. The first kappa shape index (κ1) is 13.9.